The smallest absolute Gasteiger partial charge is 0.508 e. The lowest BCUT2D eigenvalue weighted by Crippen LogP contribution is -2.47. The van der Waals surface area contributed by atoms with Gasteiger partial charge in [-0.05, 0) is 262 Å². The van der Waals surface area contributed by atoms with Crippen LogP contribution in [0.2, 0.25) is 0 Å². The molecule has 2 aromatic carbocycles. The van der Waals surface area contributed by atoms with Crippen LogP contribution in [0.4, 0.5) is 58.3 Å². The lowest BCUT2D eigenvalue weighted by molar-refractivity contribution is -0.284. The number of phenolic OH excluding ortho intramolecular Hbond substituents is 1. The van der Waals surface area contributed by atoms with Crippen LogP contribution in [0.15, 0.2) is 36.4 Å². The van der Waals surface area contributed by atoms with E-state index in [4.69, 9.17) is 18.9 Å². The molecule has 0 bridgehead atoms. The fourth-order valence-corrected chi connectivity index (χ4v) is 20.0. The average Bonchev–Trinajstić information content (AvgIpc) is 1.69. The van der Waals surface area contributed by atoms with Gasteiger partial charge in [0.05, 0.1) is 18.3 Å². The summed E-state index contributed by atoms with van der Waals surface area (Å²) in [5.74, 6) is -6.45. The molecule has 2 aliphatic heterocycles. The molecule has 0 radical (unpaired) electrons. The van der Waals surface area contributed by atoms with Crippen LogP contribution in [0.1, 0.15) is 218 Å². The second kappa shape index (κ2) is 34.4. The summed E-state index contributed by atoms with van der Waals surface area (Å²) in [6, 6.07) is 11.3. The summed E-state index contributed by atoms with van der Waals surface area (Å²) in [6.07, 6.45) is -4.19. The first-order chi connectivity index (χ1) is 46.5. The summed E-state index contributed by atoms with van der Waals surface area (Å²) in [5.41, 5.74) is 3.32. The molecule has 2 unspecified atom stereocenters. The maximum Gasteiger partial charge on any atom is 0.514 e. The van der Waals surface area contributed by atoms with Gasteiger partial charge in [-0.1, -0.05) is 26.0 Å². The number of phenols is 1. The Labute approximate surface area is 610 Å². The fourth-order valence-electron chi connectivity index (χ4n) is 17.6. The van der Waals surface area contributed by atoms with Gasteiger partial charge in [0.2, 0.25) is 0 Å². The molecule has 576 valence electrons. The summed E-state index contributed by atoms with van der Waals surface area (Å²) in [4.78, 5) is 40.0. The van der Waals surface area contributed by atoms with E-state index < -0.39 is 101 Å². The minimum absolute atomic E-state index is 0. The van der Waals surface area contributed by atoms with Crippen molar-refractivity contribution in [2.75, 3.05) is 49.2 Å². The highest BCUT2D eigenvalue weighted by atomic mass is 127. The number of aliphatic hydroxyl groups is 3. The van der Waals surface area contributed by atoms with Crippen LogP contribution in [0.5, 0.6) is 11.5 Å². The highest BCUT2D eigenvalue weighted by Gasteiger charge is 2.60. The predicted molar refractivity (Wildman–Crippen MR) is 375 cm³/mol. The molecule has 4 N–H and O–H groups in total. The molecule has 2 amide bonds. The number of alkyl halides is 10. The van der Waals surface area contributed by atoms with Gasteiger partial charge in [-0.2, -0.15) is 43.9 Å². The van der Waals surface area contributed by atoms with Gasteiger partial charge in [0, 0.05) is 96.5 Å². The Bertz CT molecular complexity index is 3140. The number of halogens is 11. The van der Waals surface area contributed by atoms with Gasteiger partial charge in [-0.15, -0.1) is 24.0 Å². The molecule has 10 rings (SSSR count). The van der Waals surface area contributed by atoms with E-state index in [0.29, 0.717) is 107 Å². The van der Waals surface area contributed by atoms with Crippen molar-refractivity contribution in [3.63, 3.8) is 0 Å². The number of nitrogens with zero attached hydrogens (tertiary/aromatic N) is 2. The van der Waals surface area contributed by atoms with E-state index in [1.54, 1.807) is 42.7 Å². The number of hydrogen-bond acceptors (Lipinski definition) is 13. The zero-order valence-electron chi connectivity index (χ0n) is 59.5. The minimum Gasteiger partial charge on any atom is -0.508 e. The first-order valence-corrected chi connectivity index (χ1v) is 38.9. The van der Waals surface area contributed by atoms with Crippen molar-refractivity contribution < 1.29 is 106 Å². The number of aliphatic hydroxyl groups excluding tert-OH is 3. The molecule has 28 heteroatoms. The number of carbonyl (C=O) groups excluding carboxylic acids is 3. The van der Waals surface area contributed by atoms with E-state index in [9.17, 15) is 87.1 Å². The maximum absolute atomic E-state index is 13.3. The SMILES string of the molecule is CC(C)(C)OC(=O)N1CCC(O)CC1.CC(C)(C)OC(=O)N1CCC(OC(=O)Oc2ccc3c(c2)C[C@@H](CCCS(=O)CCCC(F)(F)C(F)(F)F)[C@@H]2[C@@H]3CC[C@]3(C)[C@@H](O)CC[C@@H]23)CC1.C[C@]12CC[C@@H]3c4ccc(O)cc4C[C@@H](CCCS(=O)CCCC(F)(F)C(F)(F)F)[C@H]3[C@@H]1CC[C@@H]2O.I. The highest BCUT2D eigenvalue weighted by molar-refractivity contribution is 14.0. The Hall–Kier alpha value is -3.74. The summed E-state index contributed by atoms with van der Waals surface area (Å²) < 4.78 is 174. The zero-order valence-corrected chi connectivity index (χ0v) is 63.4. The number of carbonyl (C=O) groups is 3. The molecule has 2 aromatic rings. The number of ether oxygens (including phenoxy) is 4. The van der Waals surface area contributed by atoms with Crippen LogP contribution in [-0.2, 0) is 48.7 Å². The Balaban J connectivity index is 0.000000246. The van der Waals surface area contributed by atoms with Crippen LogP contribution in [0.3, 0.4) is 0 Å². The maximum atomic E-state index is 13.3. The molecular weight excluding hydrogens is 1490 g/mol. The standard InChI is InChI=1S/C37H52F5NO7S.C26H35F5O3S.C10H19NO3.HI/c1-34(2,3)50-32(45)43-17-13-25(14-18-43)48-33(46)49-26-8-9-27-24(22-26)21-23(31-28(27)12-16-35(4)29(31)10-11-30(35)44)7-5-19-51(47)20-6-15-36(38,39)37(40,41)42;1-24-11-9-20-19-6-5-18(32)15-17(19)14-16(23(20)21(24)7-8-22(24)33)4-2-12-35(34)13-3-10-25(27,28)26(29,30)31;1-10(2,3)14-9(13)11-6-4-8(12)5-7-11;/h8-9,22-23,25,28-31,44H,5-7,10-21H2,1-4H3;5-6,15-16,20-23,32-33H,2-4,7-14H2,1H3;8,12H,4-7H2,1-3H3;1H/t23-,28-,29+,30+,31-,35+,51?;16-,20-,21+,22+,23-,24+,35?;;/m11../s1. The lowest BCUT2D eigenvalue weighted by Gasteiger charge is -2.53. The quantitative estimate of drug-likeness (QED) is 0.0360. The molecule has 4 saturated carbocycles. The van der Waals surface area contributed by atoms with Crippen LogP contribution in [-0.4, -0.2) is 166 Å². The summed E-state index contributed by atoms with van der Waals surface area (Å²) >= 11 is 0. The Morgan fingerprint density at radius 3 is 1.36 bits per heavy atom. The Kier molecular flexibility index (Phi) is 28.8. The fraction of sp³-hybridized carbons (Fsp3) is 0.795. The molecule has 8 aliphatic rings. The highest BCUT2D eigenvalue weighted by Crippen LogP contribution is 2.65. The van der Waals surface area contributed by atoms with Gasteiger partial charge in [0.1, 0.15) is 28.8 Å². The number of rotatable bonds is 18. The minimum atomic E-state index is -5.61. The van der Waals surface area contributed by atoms with Crippen molar-refractivity contribution >= 4 is 63.9 Å². The van der Waals surface area contributed by atoms with Crippen molar-refractivity contribution in [1.29, 1.82) is 0 Å². The van der Waals surface area contributed by atoms with E-state index in [2.05, 4.69) is 13.8 Å². The number of fused-ring (bicyclic) bond motifs is 10. The molecule has 2 saturated heterocycles. The van der Waals surface area contributed by atoms with Crippen molar-refractivity contribution in [3.8, 4) is 11.5 Å². The topological polar surface area (TPSA) is 210 Å². The van der Waals surface area contributed by atoms with Crippen LogP contribution >= 0.6 is 24.0 Å². The Morgan fingerprint density at radius 1 is 0.545 bits per heavy atom. The average molecular weight is 1600 g/mol. The first kappa shape index (κ1) is 84.5. The van der Waals surface area contributed by atoms with Crippen molar-refractivity contribution in [1.82, 2.24) is 9.80 Å². The lowest BCUT2D eigenvalue weighted by atomic mass is 9.52. The van der Waals surface area contributed by atoms with Gasteiger partial charge in [0.15, 0.2) is 0 Å². The monoisotopic (exact) mass is 1600 g/mol. The third-order valence-corrected chi connectivity index (χ3v) is 25.8. The molecular formula is C73H107F10IN2O13S2. The van der Waals surface area contributed by atoms with Crippen LogP contribution in [0, 0.1) is 46.3 Å². The molecule has 0 aromatic heterocycles. The number of amides is 2. The number of aromatic hydroxyl groups is 1. The molecule has 15 nitrogen and oxygen atoms in total. The molecule has 14 atom stereocenters. The van der Waals surface area contributed by atoms with Crippen molar-refractivity contribution in [2.45, 2.75) is 268 Å². The normalized spacial score (nSPS) is 29.0. The predicted octanol–water partition coefficient (Wildman–Crippen LogP) is 16.9. The van der Waals surface area contributed by atoms with Gasteiger partial charge in [-0.25, -0.2) is 14.4 Å². The molecule has 101 heavy (non-hydrogen) atoms. The molecule has 2 heterocycles. The summed E-state index contributed by atoms with van der Waals surface area (Å²) in [5, 5.41) is 41.0. The second-order valence-electron chi connectivity index (χ2n) is 32.0. The van der Waals surface area contributed by atoms with Crippen LogP contribution in [0.25, 0.3) is 0 Å². The van der Waals surface area contributed by atoms with Crippen LogP contribution < -0.4 is 4.74 Å². The third kappa shape index (κ3) is 21.8. The molecule has 6 fully saturated rings. The van der Waals surface area contributed by atoms with E-state index in [1.165, 1.54) is 11.1 Å². The van der Waals surface area contributed by atoms with E-state index >= 15 is 0 Å². The van der Waals surface area contributed by atoms with E-state index in [1.807, 2.05) is 45.0 Å². The third-order valence-electron chi connectivity index (χ3n) is 22.8. The van der Waals surface area contributed by atoms with Gasteiger partial charge in [-0.3, -0.25) is 8.42 Å². The first-order valence-electron chi connectivity index (χ1n) is 35.9. The second-order valence-corrected chi connectivity index (χ2v) is 35.3. The summed E-state index contributed by atoms with van der Waals surface area (Å²) in [7, 11) is -2.96. The van der Waals surface area contributed by atoms with E-state index in [0.717, 1.165) is 75.3 Å². The Morgan fingerprint density at radius 2 is 0.941 bits per heavy atom. The molecule has 0 spiro atoms. The number of hydrogen-bond donors (Lipinski definition) is 4. The largest absolute Gasteiger partial charge is 0.514 e. The van der Waals surface area contributed by atoms with Gasteiger partial charge in [0.25, 0.3) is 0 Å². The number of piperidine rings is 2. The van der Waals surface area contributed by atoms with E-state index in [-0.39, 0.29) is 112 Å². The van der Waals surface area contributed by atoms with Crippen molar-refractivity contribution in [2.24, 2.45) is 46.3 Å². The van der Waals surface area contributed by atoms with Gasteiger partial charge >= 0.3 is 42.5 Å². The molecule has 6 aliphatic carbocycles. The summed E-state index contributed by atoms with van der Waals surface area (Å²) in [6.45, 7) is 17.3. The zero-order chi connectivity index (χ0) is 73.7. The van der Waals surface area contributed by atoms with Gasteiger partial charge < -0.3 is 49.2 Å². The number of benzene rings is 2. The van der Waals surface area contributed by atoms with Crippen molar-refractivity contribution in [3.05, 3.63) is 58.7 Å². The number of likely N-dealkylation sites (tertiary alicyclic amines) is 2.